The van der Waals surface area contributed by atoms with Gasteiger partial charge in [0.1, 0.15) is 5.75 Å². The Morgan fingerprint density at radius 2 is 1.48 bits per heavy atom. The Hall–Kier alpha value is -1.66. The van der Waals surface area contributed by atoms with E-state index in [0.717, 1.165) is 12.1 Å². The normalized spacial score (nSPS) is 21.6. The van der Waals surface area contributed by atoms with Gasteiger partial charge in [-0.25, -0.2) is 0 Å². The highest BCUT2D eigenvalue weighted by Crippen LogP contribution is 2.62. The van der Waals surface area contributed by atoms with Gasteiger partial charge in [0.15, 0.2) is 0 Å². The van der Waals surface area contributed by atoms with Crippen LogP contribution in [0.3, 0.4) is 0 Å². The van der Waals surface area contributed by atoms with Gasteiger partial charge in [-0.05, 0) is 30.5 Å². The van der Waals surface area contributed by atoms with Crippen LogP contribution in [0, 0.1) is 0 Å². The molecule has 0 radical (unpaired) electrons. The number of unbranched alkanes of at least 4 members (excludes halogenated alkanes) is 1. The van der Waals surface area contributed by atoms with Crippen molar-refractivity contribution in [1.82, 2.24) is 0 Å². The molecule has 7 heteroatoms. The maximum atomic E-state index is 14.1. The van der Waals surface area contributed by atoms with E-state index in [1.54, 1.807) is 6.92 Å². The van der Waals surface area contributed by atoms with Crippen molar-refractivity contribution in [2.75, 3.05) is 7.11 Å². The number of rotatable bonds is 5. The highest BCUT2D eigenvalue weighted by molar-refractivity contribution is 5.80. The first-order valence-corrected chi connectivity index (χ1v) is 7.13. The van der Waals surface area contributed by atoms with E-state index >= 15 is 0 Å². The molecule has 1 aromatic carbocycles. The SMILES string of the molecule is CCCCC1=C(c2ccc(OC)cc2)C(F)(F)C(F)(F)C1(F)F. The van der Waals surface area contributed by atoms with Crippen LogP contribution in [0.4, 0.5) is 26.3 Å². The van der Waals surface area contributed by atoms with E-state index in [4.69, 9.17) is 4.74 Å². The number of methoxy groups -OCH3 is 1. The molecule has 0 heterocycles. The molecule has 0 spiro atoms. The van der Waals surface area contributed by atoms with E-state index in [2.05, 4.69) is 0 Å². The highest BCUT2D eigenvalue weighted by atomic mass is 19.3. The number of ether oxygens (including phenoxy) is 1. The van der Waals surface area contributed by atoms with Crippen LogP contribution in [0.25, 0.3) is 5.57 Å². The summed E-state index contributed by atoms with van der Waals surface area (Å²) in [7, 11) is 1.34. The molecular formula is C16H16F6O. The summed E-state index contributed by atoms with van der Waals surface area (Å²) < 4.78 is 88.4. The zero-order valence-electron chi connectivity index (χ0n) is 12.6. The van der Waals surface area contributed by atoms with Crippen molar-refractivity contribution >= 4 is 5.57 Å². The summed E-state index contributed by atoms with van der Waals surface area (Å²) in [6.45, 7) is 1.66. The summed E-state index contributed by atoms with van der Waals surface area (Å²) in [5.74, 6) is -14.9. The molecule has 1 aliphatic rings. The minimum Gasteiger partial charge on any atom is -0.497 e. The zero-order chi connectivity index (χ0) is 17.5. The third kappa shape index (κ3) is 2.50. The van der Waals surface area contributed by atoms with E-state index in [9.17, 15) is 26.3 Å². The van der Waals surface area contributed by atoms with Gasteiger partial charge >= 0.3 is 17.8 Å². The molecule has 0 amide bonds. The highest BCUT2D eigenvalue weighted by Gasteiger charge is 2.79. The summed E-state index contributed by atoms with van der Waals surface area (Å²) in [5.41, 5.74) is -2.80. The fourth-order valence-electron chi connectivity index (χ4n) is 2.64. The van der Waals surface area contributed by atoms with E-state index in [0.29, 0.717) is 12.2 Å². The molecule has 0 fully saturated rings. The number of halogens is 6. The number of hydrogen-bond acceptors (Lipinski definition) is 1. The van der Waals surface area contributed by atoms with Crippen molar-refractivity contribution in [2.24, 2.45) is 0 Å². The minimum atomic E-state index is -5.45. The Bertz CT molecular complexity index is 604. The smallest absolute Gasteiger partial charge is 0.380 e. The standard InChI is InChI=1S/C16H16F6O/c1-3-4-5-12-13(10-6-8-11(23-2)9-7-10)15(19,20)16(21,22)14(12,17)18/h6-9H,3-5H2,1-2H3. The van der Waals surface area contributed by atoms with Gasteiger partial charge in [0.25, 0.3) is 0 Å². The topological polar surface area (TPSA) is 9.23 Å². The monoisotopic (exact) mass is 338 g/mol. The van der Waals surface area contributed by atoms with Gasteiger partial charge in [0.05, 0.1) is 7.11 Å². The molecule has 1 aliphatic carbocycles. The Labute approximate surface area is 129 Å². The van der Waals surface area contributed by atoms with Crippen molar-refractivity contribution in [3.05, 3.63) is 35.4 Å². The second kappa shape index (κ2) is 5.76. The lowest BCUT2D eigenvalue weighted by Gasteiger charge is -2.25. The van der Waals surface area contributed by atoms with Gasteiger partial charge in [-0.1, -0.05) is 25.5 Å². The van der Waals surface area contributed by atoms with Gasteiger partial charge < -0.3 is 4.74 Å². The lowest BCUT2D eigenvalue weighted by atomic mass is 9.96. The van der Waals surface area contributed by atoms with Crippen LogP contribution in [-0.4, -0.2) is 24.9 Å². The second-order valence-electron chi connectivity index (χ2n) is 5.41. The minimum absolute atomic E-state index is 0.122. The van der Waals surface area contributed by atoms with Crippen molar-refractivity contribution in [3.8, 4) is 5.75 Å². The van der Waals surface area contributed by atoms with Crippen molar-refractivity contribution in [3.63, 3.8) is 0 Å². The molecule has 0 aromatic heterocycles. The van der Waals surface area contributed by atoms with Gasteiger partial charge in [-0.2, -0.15) is 26.3 Å². The Balaban J connectivity index is 2.64. The molecule has 2 rings (SSSR count). The Kier molecular flexibility index (Phi) is 4.43. The summed E-state index contributed by atoms with van der Waals surface area (Å²) in [5, 5.41) is 0. The molecule has 0 saturated carbocycles. The predicted octanol–water partition coefficient (Wildman–Crippen LogP) is 5.56. The average Bonchev–Trinajstić information content (AvgIpc) is 2.60. The van der Waals surface area contributed by atoms with Crippen LogP contribution in [0.1, 0.15) is 31.7 Å². The van der Waals surface area contributed by atoms with Gasteiger partial charge in [-0.3, -0.25) is 0 Å². The Morgan fingerprint density at radius 3 is 1.96 bits per heavy atom. The lowest BCUT2D eigenvalue weighted by Crippen LogP contribution is -2.49. The molecular weight excluding hydrogens is 322 g/mol. The Morgan fingerprint density at radius 1 is 0.913 bits per heavy atom. The zero-order valence-corrected chi connectivity index (χ0v) is 12.6. The molecule has 1 aromatic rings. The molecule has 1 nitrogen and oxygen atoms in total. The first kappa shape index (κ1) is 17.7. The number of benzene rings is 1. The fraction of sp³-hybridized carbons (Fsp3) is 0.500. The summed E-state index contributed by atoms with van der Waals surface area (Å²) in [6.07, 6.45) is 0.0411. The van der Waals surface area contributed by atoms with Crippen molar-refractivity contribution in [2.45, 2.75) is 44.0 Å². The van der Waals surface area contributed by atoms with E-state index in [1.165, 1.54) is 19.2 Å². The van der Waals surface area contributed by atoms with Crippen LogP contribution < -0.4 is 4.74 Å². The molecule has 0 N–H and O–H groups in total. The molecule has 0 aliphatic heterocycles. The van der Waals surface area contributed by atoms with E-state index in [1.807, 2.05) is 0 Å². The summed E-state index contributed by atoms with van der Waals surface area (Å²) in [6, 6.07) is 4.71. The van der Waals surface area contributed by atoms with Crippen molar-refractivity contribution in [1.29, 1.82) is 0 Å². The van der Waals surface area contributed by atoms with Gasteiger partial charge in [0, 0.05) is 11.1 Å². The third-order valence-electron chi connectivity index (χ3n) is 3.94. The predicted molar refractivity (Wildman–Crippen MR) is 74.3 cm³/mol. The summed E-state index contributed by atoms with van der Waals surface area (Å²) in [4.78, 5) is 0. The molecule has 0 unspecified atom stereocenters. The lowest BCUT2D eigenvalue weighted by molar-refractivity contribution is -0.260. The van der Waals surface area contributed by atoms with E-state index in [-0.39, 0.29) is 12.0 Å². The average molecular weight is 338 g/mol. The van der Waals surface area contributed by atoms with Crippen LogP contribution in [0.2, 0.25) is 0 Å². The van der Waals surface area contributed by atoms with Crippen LogP contribution in [0.15, 0.2) is 29.8 Å². The quantitative estimate of drug-likeness (QED) is 0.639. The van der Waals surface area contributed by atoms with Crippen LogP contribution in [0.5, 0.6) is 5.75 Å². The first-order chi connectivity index (χ1) is 10.6. The third-order valence-corrected chi connectivity index (χ3v) is 3.94. The molecule has 0 saturated heterocycles. The largest absolute Gasteiger partial charge is 0.497 e. The van der Waals surface area contributed by atoms with E-state index < -0.39 is 35.3 Å². The second-order valence-corrected chi connectivity index (χ2v) is 5.41. The maximum Gasteiger partial charge on any atom is 0.380 e. The number of allylic oxidation sites excluding steroid dienone is 2. The van der Waals surface area contributed by atoms with Crippen LogP contribution in [-0.2, 0) is 0 Å². The first-order valence-electron chi connectivity index (χ1n) is 7.13. The maximum absolute atomic E-state index is 14.1. The number of hydrogen-bond donors (Lipinski definition) is 0. The molecule has 128 valence electrons. The molecule has 23 heavy (non-hydrogen) atoms. The molecule has 0 bridgehead atoms. The van der Waals surface area contributed by atoms with Gasteiger partial charge in [-0.15, -0.1) is 0 Å². The fourth-order valence-corrected chi connectivity index (χ4v) is 2.64. The number of alkyl halides is 6. The van der Waals surface area contributed by atoms with Crippen molar-refractivity contribution < 1.29 is 31.1 Å². The molecule has 0 atom stereocenters. The van der Waals surface area contributed by atoms with Gasteiger partial charge in [0.2, 0.25) is 0 Å². The summed E-state index contributed by atoms with van der Waals surface area (Å²) >= 11 is 0. The van der Waals surface area contributed by atoms with Crippen LogP contribution >= 0.6 is 0 Å².